The minimum Gasteiger partial charge on any atom is -0.480 e. The van der Waals surface area contributed by atoms with Crippen molar-refractivity contribution in [2.45, 2.75) is 38.3 Å². The zero-order valence-electron chi connectivity index (χ0n) is 11.2. The smallest absolute Gasteiger partial charge is 0.323 e. The van der Waals surface area contributed by atoms with Crippen molar-refractivity contribution in [1.82, 2.24) is 4.90 Å². The number of aliphatic carboxylic acids is 1. The molecule has 1 saturated heterocycles. The summed E-state index contributed by atoms with van der Waals surface area (Å²) in [4.78, 5) is 13.5. The number of carbonyl (C=O) groups is 1. The summed E-state index contributed by atoms with van der Waals surface area (Å²) in [5, 5.41) is 9.51. The van der Waals surface area contributed by atoms with Crippen LogP contribution in [0.2, 0.25) is 0 Å². The highest BCUT2D eigenvalue weighted by Gasteiger charge is 2.44. The van der Waals surface area contributed by atoms with Crippen molar-refractivity contribution in [1.29, 1.82) is 0 Å². The molecule has 1 aliphatic rings. The highest BCUT2D eigenvalue weighted by molar-refractivity contribution is 5.78. The molecule has 1 heterocycles. The van der Waals surface area contributed by atoms with Crippen molar-refractivity contribution < 1.29 is 19.4 Å². The fourth-order valence-corrected chi connectivity index (χ4v) is 2.28. The monoisotopic (exact) mass is 245 g/mol. The van der Waals surface area contributed by atoms with E-state index in [9.17, 15) is 9.90 Å². The van der Waals surface area contributed by atoms with Crippen LogP contribution in [0.1, 0.15) is 27.2 Å². The van der Waals surface area contributed by atoms with Crippen molar-refractivity contribution in [2.24, 2.45) is 0 Å². The van der Waals surface area contributed by atoms with Crippen LogP contribution in [0.3, 0.4) is 0 Å². The molecule has 5 nitrogen and oxygen atoms in total. The van der Waals surface area contributed by atoms with Gasteiger partial charge in [-0.25, -0.2) is 0 Å². The number of nitrogens with zero attached hydrogens (tertiary/aromatic N) is 1. The number of morpholine rings is 1. The van der Waals surface area contributed by atoms with Crippen molar-refractivity contribution in [3.05, 3.63) is 0 Å². The maximum absolute atomic E-state index is 11.6. The van der Waals surface area contributed by atoms with Crippen molar-refractivity contribution in [3.63, 3.8) is 0 Å². The second kappa shape index (κ2) is 5.33. The fourth-order valence-electron chi connectivity index (χ4n) is 2.28. The highest BCUT2D eigenvalue weighted by Crippen LogP contribution is 2.29. The lowest BCUT2D eigenvalue weighted by Gasteiger charge is -2.43. The molecule has 0 aliphatic carbocycles. The van der Waals surface area contributed by atoms with Crippen LogP contribution in [0.4, 0.5) is 0 Å². The van der Waals surface area contributed by atoms with E-state index in [2.05, 4.69) is 0 Å². The molecule has 1 unspecified atom stereocenters. The SMILES string of the molecule is COC(C)(C)CC(C)(C(=O)O)N1CCOCC1. The molecule has 0 aromatic heterocycles. The zero-order valence-corrected chi connectivity index (χ0v) is 11.2. The third kappa shape index (κ3) is 3.40. The van der Waals surface area contributed by atoms with Crippen LogP contribution in [-0.4, -0.2) is 60.5 Å². The molecule has 100 valence electrons. The van der Waals surface area contributed by atoms with Gasteiger partial charge in [-0.1, -0.05) is 0 Å². The number of hydrogen-bond donors (Lipinski definition) is 1. The van der Waals surface area contributed by atoms with Gasteiger partial charge in [0.25, 0.3) is 0 Å². The number of rotatable bonds is 5. The number of ether oxygens (including phenoxy) is 2. The van der Waals surface area contributed by atoms with Gasteiger partial charge in [-0.05, 0) is 20.8 Å². The van der Waals surface area contributed by atoms with E-state index < -0.39 is 17.1 Å². The van der Waals surface area contributed by atoms with Gasteiger partial charge in [0.05, 0.1) is 18.8 Å². The van der Waals surface area contributed by atoms with Gasteiger partial charge in [-0.15, -0.1) is 0 Å². The van der Waals surface area contributed by atoms with Gasteiger partial charge >= 0.3 is 5.97 Å². The molecule has 0 aromatic rings. The first-order valence-corrected chi connectivity index (χ1v) is 5.93. The van der Waals surface area contributed by atoms with Gasteiger partial charge in [-0.2, -0.15) is 0 Å². The standard InChI is InChI=1S/C12H23NO4/c1-11(2,16-4)9-12(3,10(14)15)13-5-7-17-8-6-13/h5-9H2,1-4H3,(H,14,15). The third-order valence-electron chi connectivity index (χ3n) is 3.49. The summed E-state index contributed by atoms with van der Waals surface area (Å²) < 4.78 is 10.6. The predicted molar refractivity (Wildman–Crippen MR) is 64.1 cm³/mol. The molecule has 0 aromatic carbocycles. The summed E-state index contributed by atoms with van der Waals surface area (Å²) in [6.45, 7) is 8.09. The average Bonchev–Trinajstić information content (AvgIpc) is 2.29. The van der Waals surface area contributed by atoms with E-state index in [1.165, 1.54) is 0 Å². The number of carboxylic acids is 1. The van der Waals surface area contributed by atoms with Gasteiger partial charge in [0, 0.05) is 26.6 Å². The lowest BCUT2D eigenvalue weighted by molar-refractivity contribution is -0.159. The molecule has 1 rings (SSSR count). The zero-order chi connectivity index (χ0) is 13.1. The Hall–Kier alpha value is -0.650. The fraction of sp³-hybridized carbons (Fsp3) is 0.917. The average molecular weight is 245 g/mol. The molecule has 1 fully saturated rings. The topological polar surface area (TPSA) is 59.0 Å². The van der Waals surface area contributed by atoms with Crippen LogP contribution in [-0.2, 0) is 14.3 Å². The van der Waals surface area contributed by atoms with Gasteiger partial charge in [0.2, 0.25) is 0 Å². The van der Waals surface area contributed by atoms with E-state index in [0.717, 1.165) is 0 Å². The Kier molecular flexibility index (Phi) is 4.52. The minimum absolute atomic E-state index is 0.450. The molecule has 1 N–H and O–H groups in total. The molecule has 0 bridgehead atoms. The number of carboxylic acid groups (broad SMARTS) is 1. The van der Waals surface area contributed by atoms with E-state index in [1.807, 2.05) is 18.7 Å². The molecule has 0 amide bonds. The van der Waals surface area contributed by atoms with Crippen LogP contribution < -0.4 is 0 Å². The third-order valence-corrected chi connectivity index (χ3v) is 3.49. The molecule has 1 aliphatic heterocycles. The van der Waals surface area contributed by atoms with Gasteiger partial charge in [0.15, 0.2) is 0 Å². The Labute approximate surface area is 103 Å². The van der Waals surface area contributed by atoms with Crippen molar-refractivity contribution in [2.75, 3.05) is 33.4 Å². The Morgan fingerprint density at radius 3 is 2.29 bits per heavy atom. The molecule has 0 spiro atoms. The van der Waals surface area contributed by atoms with E-state index >= 15 is 0 Å². The number of methoxy groups -OCH3 is 1. The molecule has 0 radical (unpaired) electrons. The Bertz CT molecular complexity index is 274. The Morgan fingerprint density at radius 2 is 1.88 bits per heavy atom. The molecule has 5 heteroatoms. The number of hydrogen-bond acceptors (Lipinski definition) is 4. The largest absolute Gasteiger partial charge is 0.480 e. The van der Waals surface area contributed by atoms with Crippen LogP contribution >= 0.6 is 0 Å². The van der Waals surface area contributed by atoms with Crippen LogP contribution in [0.15, 0.2) is 0 Å². The molecular weight excluding hydrogens is 222 g/mol. The lowest BCUT2D eigenvalue weighted by atomic mass is 9.86. The summed E-state index contributed by atoms with van der Waals surface area (Å²) in [6, 6.07) is 0. The van der Waals surface area contributed by atoms with Gasteiger partial charge in [-0.3, -0.25) is 9.69 Å². The lowest BCUT2D eigenvalue weighted by Crippen LogP contribution is -2.59. The summed E-state index contributed by atoms with van der Waals surface area (Å²) in [5.74, 6) is -0.801. The summed E-state index contributed by atoms with van der Waals surface area (Å²) in [6.07, 6.45) is 0.450. The first kappa shape index (κ1) is 14.4. The maximum atomic E-state index is 11.6. The van der Waals surface area contributed by atoms with Gasteiger partial charge in [0.1, 0.15) is 5.54 Å². The summed E-state index contributed by atoms with van der Waals surface area (Å²) >= 11 is 0. The molecule has 0 saturated carbocycles. The minimum atomic E-state index is -0.900. The molecule has 17 heavy (non-hydrogen) atoms. The van der Waals surface area contributed by atoms with E-state index in [-0.39, 0.29) is 0 Å². The molecular formula is C12H23NO4. The summed E-state index contributed by atoms with van der Waals surface area (Å²) in [5.41, 5.74) is -1.35. The second-order valence-electron chi connectivity index (χ2n) is 5.32. The van der Waals surface area contributed by atoms with Crippen LogP contribution in [0.5, 0.6) is 0 Å². The normalized spacial score (nSPS) is 22.1. The highest BCUT2D eigenvalue weighted by atomic mass is 16.5. The maximum Gasteiger partial charge on any atom is 0.323 e. The van der Waals surface area contributed by atoms with E-state index in [0.29, 0.717) is 32.7 Å². The van der Waals surface area contributed by atoms with E-state index in [4.69, 9.17) is 9.47 Å². The summed E-state index contributed by atoms with van der Waals surface area (Å²) in [7, 11) is 1.61. The first-order chi connectivity index (χ1) is 7.82. The van der Waals surface area contributed by atoms with Crippen molar-refractivity contribution in [3.8, 4) is 0 Å². The molecule has 1 atom stereocenters. The van der Waals surface area contributed by atoms with Gasteiger partial charge < -0.3 is 14.6 Å². The van der Waals surface area contributed by atoms with Crippen LogP contribution in [0.25, 0.3) is 0 Å². The predicted octanol–water partition coefficient (Wildman–Crippen LogP) is 0.977. The Balaban J connectivity index is 2.84. The van der Waals surface area contributed by atoms with E-state index in [1.54, 1.807) is 14.0 Å². The first-order valence-electron chi connectivity index (χ1n) is 5.93. The Morgan fingerprint density at radius 1 is 1.35 bits per heavy atom. The second-order valence-corrected chi connectivity index (χ2v) is 5.32. The quantitative estimate of drug-likeness (QED) is 0.782. The van der Waals surface area contributed by atoms with Crippen molar-refractivity contribution >= 4 is 5.97 Å². The van der Waals surface area contributed by atoms with Crippen LogP contribution in [0, 0.1) is 0 Å².